The molecule has 2 aromatic heterocycles. The van der Waals surface area contributed by atoms with Crippen LogP contribution < -0.4 is 0 Å². The average molecular weight is 317 g/mol. The van der Waals surface area contributed by atoms with Crippen molar-refractivity contribution in [1.29, 1.82) is 0 Å². The lowest BCUT2D eigenvalue weighted by Gasteiger charge is -2.04. The van der Waals surface area contributed by atoms with Gasteiger partial charge in [0.05, 0.1) is 0 Å². The Morgan fingerprint density at radius 2 is 2.00 bits per heavy atom. The molecule has 3 aromatic rings. The predicted octanol–water partition coefficient (Wildman–Crippen LogP) is 2.86. The number of aldehydes is 1. The molecule has 6 nitrogen and oxygen atoms in total. The van der Waals surface area contributed by atoms with E-state index in [-0.39, 0.29) is 22.9 Å². The summed E-state index contributed by atoms with van der Waals surface area (Å²) in [6.45, 7) is 4.00. The van der Waals surface area contributed by atoms with E-state index in [4.69, 9.17) is 0 Å². The van der Waals surface area contributed by atoms with Gasteiger partial charge in [-0.15, -0.1) is 15.3 Å². The van der Waals surface area contributed by atoms with Crippen LogP contribution in [0.4, 0.5) is 4.39 Å². The van der Waals surface area contributed by atoms with E-state index in [1.54, 1.807) is 18.2 Å². The Labute approximate surface area is 129 Å². The molecule has 0 aliphatic carbocycles. The lowest BCUT2D eigenvalue weighted by molar-refractivity contribution is 0.111. The molecule has 2 heterocycles. The lowest BCUT2D eigenvalue weighted by Crippen LogP contribution is -2.01. The van der Waals surface area contributed by atoms with Crippen molar-refractivity contribution in [3.05, 3.63) is 40.8 Å². The number of carbonyl (C=O) groups is 1. The highest BCUT2D eigenvalue weighted by atomic mass is 32.1. The maximum Gasteiger partial charge on any atom is 0.234 e. The molecule has 0 bridgehead atoms. The highest BCUT2D eigenvalue weighted by molar-refractivity contribution is 7.13. The predicted molar refractivity (Wildman–Crippen MR) is 79.7 cm³/mol. The van der Waals surface area contributed by atoms with Crippen molar-refractivity contribution in [2.24, 2.45) is 0 Å². The van der Waals surface area contributed by atoms with Gasteiger partial charge in [-0.1, -0.05) is 42.5 Å². The van der Waals surface area contributed by atoms with Crippen molar-refractivity contribution >= 4 is 17.6 Å². The van der Waals surface area contributed by atoms with Crippen LogP contribution in [-0.2, 0) is 0 Å². The van der Waals surface area contributed by atoms with Crippen LogP contribution in [0, 0.1) is 5.82 Å². The Morgan fingerprint density at radius 3 is 2.64 bits per heavy atom. The maximum absolute atomic E-state index is 14.1. The van der Waals surface area contributed by atoms with Gasteiger partial charge >= 0.3 is 0 Å². The van der Waals surface area contributed by atoms with Crippen LogP contribution in [0.2, 0.25) is 0 Å². The molecule has 112 valence electrons. The summed E-state index contributed by atoms with van der Waals surface area (Å²) in [6.07, 6.45) is 0.551. The second kappa shape index (κ2) is 5.72. The van der Waals surface area contributed by atoms with Crippen molar-refractivity contribution in [3.63, 3.8) is 0 Å². The largest absolute Gasteiger partial charge is 0.296 e. The number of aromatic nitrogens is 5. The van der Waals surface area contributed by atoms with Crippen LogP contribution in [0.15, 0.2) is 24.3 Å². The number of nitrogens with zero attached hydrogens (tertiary/aromatic N) is 5. The summed E-state index contributed by atoms with van der Waals surface area (Å²) in [5.41, 5.74) is 0.585. The minimum Gasteiger partial charge on any atom is -0.296 e. The van der Waals surface area contributed by atoms with E-state index < -0.39 is 5.82 Å². The molecule has 0 unspecified atom stereocenters. The number of carbonyl (C=O) groups excluding carboxylic acids is 1. The van der Waals surface area contributed by atoms with E-state index in [9.17, 15) is 9.18 Å². The highest BCUT2D eigenvalue weighted by Crippen LogP contribution is 2.29. The first kappa shape index (κ1) is 14.5. The zero-order valence-corrected chi connectivity index (χ0v) is 12.7. The number of hydrogen-bond donors (Lipinski definition) is 0. The SMILES string of the molecule is CC(C)c1nnc(-n2nnc(C=O)c2-c2ccccc2F)s1. The first-order valence-corrected chi connectivity index (χ1v) is 7.43. The van der Waals surface area contributed by atoms with Gasteiger partial charge in [-0.3, -0.25) is 4.79 Å². The van der Waals surface area contributed by atoms with Gasteiger partial charge in [0.25, 0.3) is 0 Å². The fraction of sp³-hybridized carbons (Fsp3) is 0.214. The third kappa shape index (κ3) is 2.41. The quantitative estimate of drug-likeness (QED) is 0.692. The normalized spacial score (nSPS) is 11.1. The summed E-state index contributed by atoms with van der Waals surface area (Å²) >= 11 is 1.33. The first-order chi connectivity index (χ1) is 10.6. The topological polar surface area (TPSA) is 73.6 Å². The molecule has 22 heavy (non-hydrogen) atoms. The second-order valence-corrected chi connectivity index (χ2v) is 5.90. The van der Waals surface area contributed by atoms with Crippen LogP contribution in [0.5, 0.6) is 0 Å². The zero-order valence-electron chi connectivity index (χ0n) is 11.9. The van der Waals surface area contributed by atoms with Crippen LogP contribution in [0.25, 0.3) is 16.4 Å². The van der Waals surface area contributed by atoms with Crippen LogP contribution in [-0.4, -0.2) is 31.5 Å². The minimum absolute atomic E-state index is 0.0615. The van der Waals surface area contributed by atoms with Gasteiger partial charge in [-0.2, -0.15) is 4.68 Å². The average Bonchev–Trinajstić information content (AvgIpc) is 3.14. The van der Waals surface area contributed by atoms with Crippen LogP contribution in [0.1, 0.15) is 35.3 Å². The number of halogens is 1. The van der Waals surface area contributed by atoms with Crippen LogP contribution in [0.3, 0.4) is 0 Å². The van der Waals surface area contributed by atoms with Crippen molar-refractivity contribution < 1.29 is 9.18 Å². The van der Waals surface area contributed by atoms with Crippen molar-refractivity contribution in [3.8, 4) is 16.4 Å². The van der Waals surface area contributed by atoms with Gasteiger partial charge in [-0.25, -0.2) is 4.39 Å². The van der Waals surface area contributed by atoms with E-state index in [1.165, 1.54) is 22.1 Å². The first-order valence-electron chi connectivity index (χ1n) is 6.61. The van der Waals surface area contributed by atoms with E-state index in [2.05, 4.69) is 20.5 Å². The van der Waals surface area contributed by atoms with Gasteiger partial charge in [-0.05, 0) is 12.1 Å². The summed E-state index contributed by atoms with van der Waals surface area (Å²) in [5, 5.41) is 17.1. The molecule has 8 heteroatoms. The molecule has 0 N–H and O–H groups in total. The second-order valence-electron chi connectivity index (χ2n) is 4.91. The van der Waals surface area contributed by atoms with Gasteiger partial charge < -0.3 is 0 Å². The zero-order chi connectivity index (χ0) is 15.7. The summed E-state index contributed by atoms with van der Waals surface area (Å²) in [6, 6.07) is 6.15. The van der Waals surface area contributed by atoms with Crippen LogP contribution >= 0.6 is 11.3 Å². The van der Waals surface area contributed by atoms with Gasteiger partial charge in [0.1, 0.15) is 16.5 Å². The smallest absolute Gasteiger partial charge is 0.234 e. The fourth-order valence-corrected chi connectivity index (χ4v) is 2.76. The van der Waals surface area contributed by atoms with Crippen molar-refractivity contribution in [2.45, 2.75) is 19.8 Å². The third-order valence-electron chi connectivity index (χ3n) is 3.04. The fourth-order valence-electron chi connectivity index (χ4n) is 1.96. The Hall–Kier alpha value is -2.48. The van der Waals surface area contributed by atoms with E-state index >= 15 is 0 Å². The van der Waals surface area contributed by atoms with Gasteiger partial charge in [0, 0.05) is 11.5 Å². The molecule has 0 spiro atoms. The standard InChI is InChI=1S/C14H12FN5OS/c1-8(2)13-17-18-14(22-13)20-12(11(7-21)16-19-20)9-5-3-4-6-10(9)15/h3-8H,1-2H3. The molecule has 3 rings (SSSR count). The Kier molecular flexibility index (Phi) is 3.76. The molecule has 0 amide bonds. The monoisotopic (exact) mass is 317 g/mol. The highest BCUT2D eigenvalue weighted by Gasteiger charge is 2.21. The maximum atomic E-state index is 14.1. The summed E-state index contributed by atoms with van der Waals surface area (Å²) in [4.78, 5) is 11.2. The molecule has 0 saturated carbocycles. The lowest BCUT2D eigenvalue weighted by atomic mass is 10.1. The molecule has 0 atom stereocenters. The molecule has 1 aromatic carbocycles. The summed E-state index contributed by atoms with van der Waals surface area (Å²) in [5.74, 6) is -0.236. The van der Waals surface area contributed by atoms with Gasteiger partial charge in [0.2, 0.25) is 5.13 Å². The molecule has 0 fully saturated rings. The summed E-state index contributed by atoms with van der Waals surface area (Å²) < 4.78 is 15.4. The van der Waals surface area contributed by atoms with Crippen molar-refractivity contribution in [1.82, 2.24) is 25.2 Å². The molecule has 0 aliphatic rings. The Bertz CT molecular complexity index is 826. The molecular formula is C14H12FN5OS. The minimum atomic E-state index is -0.456. The molecule has 0 radical (unpaired) electrons. The molecular weight excluding hydrogens is 305 g/mol. The Morgan fingerprint density at radius 1 is 1.23 bits per heavy atom. The van der Waals surface area contributed by atoms with Crippen molar-refractivity contribution in [2.75, 3.05) is 0 Å². The molecule has 0 saturated heterocycles. The van der Waals surface area contributed by atoms with E-state index in [0.29, 0.717) is 11.4 Å². The summed E-state index contributed by atoms with van der Waals surface area (Å²) in [7, 11) is 0. The Balaban J connectivity index is 2.19. The number of hydrogen-bond acceptors (Lipinski definition) is 6. The molecule has 0 aliphatic heterocycles. The van der Waals surface area contributed by atoms with E-state index in [0.717, 1.165) is 5.01 Å². The van der Waals surface area contributed by atoms with Gasteiger partial charge in [0.15, 0.2) is 12.0 Å². The number of benzene rings is 1. The third-order valence-corrected chi connectivity index (χ3v) is 4.24. The number of rotatable bonds is 4. The van der Waals surface area contributed by atoms with E-state index in [1.807, 2.05) is 13.8 Å².